The van der Waals surface area contributed by atoms with Crippen molar-refractivity contribution in [3.05, 3.63) is 0 Å². The lowest BCUT2D eigenvalue weighted by atomic mass is 9.84. The van der Waals surface area contributed by atoms with Gasteiger partial charge in [-0.1, -0.05) is 13.8 Å². The van der Waals surface area contributed by atoms with Gasteiger partial charge in [0, 0.05) is 6.54 Å². The zero-order chi connectivity index (χ0) is 6.91. The van der Waals surface area contributed by atoms with Gasteiger partial charge >= 0.3 is 0 Å². The molecule has 0 saturated carbocycles. The van der Waals surface area contributed by atoms with E-state index in [9.17, 15) is 0 Å². The van der Waals surface area contributed by atoms with E-state index in [0.29, 0.717) is 5.41 Å². The number of hydrogen-bond acceptors (Lipinski definition) is 1. The van der Waals surface area contributed by atoms with Crippen molar-refractivity contribution < 1.29 is 0 Å². The summed E-state index contributed by atoms with van der Waals surface area (Å²) in [4.78, 5) is 2.42. The summed E-state index contributed by atoms with van der Waals surface area (Å²) in [5.74, 6) is 0. The predicted molar refractivity (Wildman–Crippen MR) is 40.5 cm³/mol. The SMILES string of the molecule is CN1CCCC(C)(C)C1. The zero-order valence-corrected chi connectivity index (χ0v) is 6.78. The van der Waals surface area contributed by atoms with E-state index < -0.39 is 0 Å². The third-order valence-electron chi connectivity index (χ3n) is 2.09. The van der Waals surface area contributed by atoms with E-state index in [1.807, 2.05) is 0 Å². The van der Waals surface area contributed by atoms with Crippen molar-refractivity contribution in [2.75, 3.05) is 20.1 Å². The molecule has 1 saturated heterocycles. The minimum atomic E-state index is 0.576. The molecule has 1 nitrogen and oxygen atoms in total. The van der Waals surface area contributed by atoms with Crippen LogP contribution in [-0.2, 0) is 0 Å². The van der Waals surface area contributed by atoms with Gasteiger partial charge in [0.25, 0.3) is 0 Å². The van der Waals surface area contributed by atoms with Gasteiger partial charge in [0.15, 0.2) is 0 Å². The van der Waals surface area contributed by atoms with Crippen molar-refractivity contribution in [2.24, 2.45) is 5.41 Å². The van der Waals surface area contributed by atoms with Crippen LogP contribution >= 0.6 is 0 Å². The Labute approximate surface area is 58.0 Å². The fraction of sp³-hybridized carbons (Fsp3) is 1.00. The van der Waals surface area contributed by atoms with Crippen LogP contribution in [0.15, 0.2) is 0 Å². The van der Waals surface area contributed by atoms with Crippen LogP contribution in [0.5, 0.6) is 0 Å². The molecule has 54 valence electrons. The largest absolute Gasteiger partial charge is 0.306 e. The van der Waals surface area contributed by atoms with Gasteiger partial charge in [-0.3, -0.25) is 0 Å². The van der Waals surface area contributed by atoms with Crippen molar-refractivity contribution in [3.8, 4) is 0 Å². The summed E-state index contributed by atoms with van der Waals surface area (Å²) in [6.45, 7) is 7.27. The Bertz CT molecular complexity index is 96.7. The van der Waals surface area contributed by atoms with E-state index in [1.54, 1.807) is 0 Å². The van der Waals surface area contributed by atoms with Crippen molar-refractivity contribution in [2.45, 2.75) is 26.7 Å². The zero-order valence-electron chi connectivity index (χ0n) is 6.78. The van der Waals surface area contributed by atoms with Gasteiger partial charge in [-0.15, -0.1) is 0 Å². The Hall–Kier alpha value is -0.0400. The second-order valence-corrected chi connectivity index (χ2v) is 4.01. The molecule has 1 aliphatic rings. The molecule has 1 rings (SSSR count). The Morgan fingerprint density at radius 2 is 2.00 bits per heavy atom. The minimum absolute atomic E-state index is 0.576. The first-order valence-corrected chi connectivity index (χ1v) is 3.79. The van der Waals surface area contributed by atoms with Gasteiger partial charge in [0.05, 0.1) is 0 Å². The molecule has 1 heteroatoms. The lowest BCUT2D eigenvalue weighted by Gasteiger charge is -2.35. The average molecular weight is 127 g/mol. The van der Waals surface area contributed by atoms with Gasteiger partial charge < -0.3 is 4.90 Å². The van der Waals surface area contributed by atoms with Gasteiger partial charge in [0.2, 0.25) is 0 Å². The Morgan fingerprint density at radius 1 is 1.33 bits per heavy atom. The molecule has 0 spiro atoms. The first-order valence-electron chi connectivity index (χ1n) is 3.79. The molecular formula is C8H17N. The highest BCUT2D eigenvalue weighted by Gasteiger charge is 2.23. The van der Waals surface area contributed by atoms with Crippen molar-refractivity contribution in [1.82, 2.24) is 4.90 Å². The molecule has 0 aromatic carbocycles. The van der Waals surface area contributed by atoms with Crippen LogP contribution in [0, 0.1) is 5.41 Å². The van der Waals surface area contributed by atoms with Gasteiger partial charge in [-0.2, -0.15) is 0 Å². The van der Waals surface area contributed by atoms with Crippen LogP contribution in [0.4, 0.5) is 0 Å². The first-order chi connectivity index (χ1) is 4.10. The third-order valence-corrected chi connectivity index (χ3v) is 2.09. The van der Waals surface area contributed by atoms with E-state index in [4.69, 9.17) is 0 Å². The number of likely N-dealkylation sites (tertiary alicyclic amines) is 1. The molecule has 0 radical (unpaired) electrons. The van der Waals surface area contributed by atoms with Crippen LogP contribution < -0.4 is 0 Å². The quantitative estimate of drug-likeness (QED) is 0.479. The molecule has 0 aromatic rings. The molecule has 0 amide bonds. The van der Waals surface area contributed by atoms with E-state index in [2.05, 4.69) is 25.8 Å². The molecule has 0 N–H and O–H groups in total. The number of hydrogen-bond donors (Lipinski definition) is 0. The Kier molecular flexibility index (Phi) is 1.80. The smallest absolute Gasteiger partial charge is 0.00296 e. The standard InChI is InChI=1S/C8H17N/c1-8(2)5-4-6-9(3)7-8/h4-7H2,1-3H3. The molecule has 1 aliphatic heterocycles. The molecule has 0 aliphatic carbocycles. The maximum Gasteiger partial charge on any atom is 0.00296 e. The number of nitrogens with zero attached hydrogens (tertiary/aromatic N) is 1. The Balaban J connectivity index is 2.41. The van der Waals surface area contributed by atoms with Gasteiger partial charge in [-0.25, -0.2) is 0 Å². The lowest BCUT2D eigenvalue weighted by molar-refractivity contribution is 0.143. The minimum Gasteiger partial charge on any atom is -0.306 e. The molecule has 1 fully saturated rings. The highest BCUT2D eigenvalue weighted by molar-refractivity contribution is 4.77. The fourth-order valence-corrected chi connectivity index (χ4v) is 1.72. The summed E-state index contributed by atoms with van der Waals surface area (Å²) >= 11 is 0. The summed E-state index contributed by atoms with van der Waals surface area (Å²) in [6.07, 6.45) is 2.78. The van der Waals surface area contributed by atoms with Crippen LogP contribution in [0.2, 0.25) is 0 Å². The number of piperidine rings is 1. The summed E-state index contributed by atoms with van der Waals surface area (Å²) in [5.41, 5.74) is 0.576. The predicted octanol–water partition coefficient (Wildman–Crippen LogP) is 1.74. The molecule has 0 bridgehead atoms. The number of rotatable bonds is 0. The summed E-state index contributed by atoms with van der Waals surface area (Å²) in [7, 11) is 2.21. The van der Waals surface area contributed by atoms with E-state index >= 15 is 0 Å². The summed E-state index contributed by atoms with van der Waals surface area (Å²) < 4.78 is 0. The van der Waals surface area contributed by atoms with Crippen molar-refractivity contribution in [1.29, 1.82) is 0 Å². The molecule has 1 heterocycles. The van der Waals surface area contributed by atoms with Crippen LogP contribution in [0.1, 0.15) is 26.7 Å². The second-order valence-electron chi connectivity index (χ2n) is 4.01. The van der Waals surface area contributed by atoms with Crippen LogP contribution in [0.3, 0.4) is 0 Å². The van der Waals surface area contributed by atoms with E-state index in [-0.39, 0.29) is 0 Å². The summed E-state index contributed by atoms with van der Waals surface area (Å²) in [6, 6.07) is 0. The molecule has 0 atom stereocenters. The maximum atomic E-state index is 2.42. The molecule has 9 heavy (non-hydrogen) atoms. The van der Waals surface area contributed by atoms with Crippen LogP contribution in [-0.4, -0.2) is 25.0 Å². The first kappa shape index (κ1) is 7.07. The lowest BCUT2D eigenvalue weighted by Crippen LogP contribution is -2.37. The molecular weight excluding hydrogens is 110 g/mol. The highest BCUT2D eigenvalue weighted by atomic mass is 15.1. The van der Waals surface area contributed by atoms with Crippen molar-refractivity contribution in [3.63, 3.8) is 0 Å². The maximum absolute atomic E-state index is 2.42. The summed E-state index contributed by atoms with van der Waals surface area (Å²) in [5, 5.41) is 0. The second kappa shape index (κ2) is 2.30. The van der Waals surface area contributed by atoms with Crippen LogP contribution in [0.25, 0.3) is 0 Å². The van der Waals surface area contributed by atoms with E-state index in [0.717, 1.165) is 0 Å². The topological polar surface area (TPSA) is 3.24 Å². The monoisotopic (exact) mass is 127 g/mol. The molecule has 0 unspecified atom stereocenters. The third kappa shape index (κ3) is 1.98. The van der Waals surface area contributed by atoms with Gasteiger partial charge in [0.1, 0.15) is 0 Å². The average Bonchev–Trinajstić information content (AvgIpc) is 1.60. The fourth-order valence-electron chi connectivity index (χ4n) is 1.72. The van der Waals surface area contributed by atoms with Crippen molar-refractivity contribution >= 4 is 0 Å². The van der Waals surface area contributed by atoms with Gasteiger partial charge in [-0.05, 0) is 31.8 Å². The Morgan fingerprint density at radius 3 is 2.33 bits per heavy atom. The normalized spacial score (nSPS) is 28.3. The molecule has 0 aromatic heterocycles. The van der Waals surface area contributed by atoms with E-state index in [1.165, 1.54) is 25.9 Å². The highest BCUT2D eigenvalue weighted by Crippen LogP contribution is 2.26.